The van der Waals surface area contributed by atoms with Crippen molar-refractivity contribution in [3.8, 4) is 5.75 Å². The average molecular weight is 402 g/mol. The number of rotatable bonds is 9. The van der Waals surface area contributed by atoms with Crippen molar-refractivity contribution < 1.29 is 14.6 Å². The Morgan fingerprint density at radius 1 is 1.31 bits per heavy atom. The number of aryl methyl sites for hydroxylation is 1. The van der Waals surface area contributed by atoms with Crippen LogP contribution < -0.4 is 5.32 Å². The number of nitrogens with zero attached hydrogens (tertiary/aromatic N) is 4. The Bertz CT molecular complexity index is 769. The molecule has 3 rings (SSSR count). The molecule has 1 saturated heterocycles. The lowest BCUT2D eigenvalue weighted by Crippen LogP contribution is -2.40. The van der Waals surface area contributed by atoms with Crippen LogP contribution in [0.1, 0.15) is 48.3 Å². The van der Waals surface area contributed by atoms with Crippen molar-refractivity contribution in [2.45, 2.75) is 44.7 Å². The molecule has 1 aromatic carbocycles. The van der Waals surface area contributed by atoms with Crippen LogP contribution in [0, 0.1) is 0 Å². The Morgan fingerprint density at radius 3 is 2.72 bits per heavy atom. The van der Waals surface area contributed by atoms with Gasteiger partial charge in [0.15, 0.2) is 5.69 Å². The van der Waals surface area contributed by atoms with Crippen LogP contribution in [0.3, 0.4) is 0 Å². The Kier molecular flexibility index (Phi) is 7.60. The molecule has 2 N–H and O–H groups in total. The number of phenolic OH excluding ortho intramolecular Hbond substituents is 1. The van der Waals surface area contributed by atoms with Gasteiger partial charge in [-0.2, -0.15) is 0 Å². The van der Waals surface area contributed by atoms with Crippen molar-refractivity contribution >= 4 is 5.91 Å². The lowest BCUT2D eigenvalue weighted by atomic mass is 10.00. The lowest BCUT2D eigenvalue weighted by Gasteiger charge is -2.36. The van der Waals surface area contributed by atoms with E-state index in [1.807, 2.05) is 16.8 Å². The SMILES string of the molecule is COCCNC(=O)c1cn(C2CCN([C@H](C)CCc3ccc(O)cc3)CC2)nn1. The third kappa shape index (κ3) is 6.01. The van der Waals surface area contributed by atoms with Crippen molar-refractivity contribution in [2.75, 3.05) is 33.4 Å². The fraction of sp³-hybridized carbons (Fsp3) is 0.571. The maximum absolute atomic E-state index is 12.1. The highest BCUT2D eigenvalue weighted by Crippen LogP contribution is 2.24. The summed E-state index contributed by atoms with van der Waals surface area (Å²) in [7, 11) is 1.60. The molecule has 0 aliphatic carbocycles. The van der Waals surface area contributed by atoms with Crippen LogP contribution in [0.4, 0.5) is 0 Å². The monoisotopic (exact) mass is 401 g/mol. The van der Waals surface area contributed by atoms with Gasteiger partial charge in [0, 0.05) is 32.8 Å². The number of benzene rings is 1. The van der Waals surface area contributed by atoms with Gasteiger partial charge in [0.2, 0.25) is 0 Å². The molecule has 0 saturated carbocycles. The number of hydrogen-bond donors (Lipinski definition) is 2. The zero-order valence-electron chi connectivity index (χ0n) is 17.3. The molecule has 1 aliphatic heterocycles. The smallest absolute Gasteiger partial charge is 0.273 e. The molecule has 8 heteroatoms. The van der Waals surface area contributed by atoms with Gasteiger partial charge in [-0.25, -0.2) is 4.68 Å². The zero-order valence-corrected chi connectivity index (χ0v) is 17.3. The summed E-state index contributed by atoms with van der Waals surface area (Å²) < 4.78 is 6.77. The van der Waals surface area contributed by atoms with E-state index >= 15 is 0 Å². The molecular formula is C21H31N5O3. The van der Waals surface area contributed by atoms with E-state index in [1.54, 1.807) is 25.4 Å². The molecular weight excluding hydrogens is 370 g/mol. The first kappa shape index (κ1) is 21.3. The number of carbonyl (C=O) groups excluding carboxylic acids is 1. The standard InChI is InChI=1S/C21H31N5O3/c1-16(3-4-17-5-7-19(27)8-6-17)25-12-9-18(10-13-25)26-15-20(23-24-26)21(28)22-11-14-29-2/h5-8,15-16,18,27H,3-4,9-14H2,1-2H3,(H,22,28)/t16-/m1/s1. The third-order valence-corrected chi connectivity index (χ3v) is 5.62. The maximum Gasteiger partial charge on any atom is 0.273 e. The molecule has 0 bridgehead atoms. The Labute approximate surface area is 171 Å². The second kappa shape index (κ2) is 10.4. The summed E-state index contributed by atoms with van der Waals surface area (Å²) in [5.74, 6) is 0.0983. The highest BCUT2D eigenvalue weighted by Gasteiger charge is 2.25. The fourth-order valence-corrected chi connectivity index (χ4v) is 3.73. The largest absolute Gasteiger partial charge is 0.508 e. The van der Waals surface area contributed by atoms with E-state index in [4.69, 9.17) is 4.74 Å². The molecule has 1 aliphatic rings. The predicted octanol–water partition coefficient (Wildman–Crippen LogP) is 2.02. The highest BCUT2D eigenvalue weighted by atomic mass is 16.5. The Balaban J connectivity index is 1.44. The molecule has 1 aromatic heterocycles. The Hall–Kier alpha value is -2.45. The summed E-state index contributed by atoms with van der Waals surface area (Å²) in [6, 6.07) is 8.25. The summed E-state index contributed by atoms with van der Waals surface area (Å²) in [4.78, 5) is 14.6. The zero-order chi connectivity index (χ0) is 20.6. The van der Waals surface area contributed by atoms with Gasteiger partial charge in [0.1, 0.15) is 5.75 Å². The molecule has 0 unspecified atom stereocenters. The Morgan fingerprint density at radius 2 is 2.03 bits per heavy atom. The van der Waals surface area contributed by atoms with Gasteiger partial charge >= 0.3 is 0 Å². The van der Waals surface area contributed by atoms with Crippen LogP contribution in [0.15, 0.2) is 30.5 Å². The molecule has 8 nitrogen and oxygen atoms in total. The summed E-state index contributed by atoms with van der Waals surface area (Å²) in [6.07, 6.45) is 5.84. The van der Waals surface area contributed by atoms with Crippen molar-refractivity contribution in [1.82, 2.24) is 25.2 Å². The molecule has 29 heavy (non-hydrogen) atoms. The predicted molar refractivity (Wildman–Crippen MR) is 110 cm³/mol. The van der Waals surface area contributed by atoms with Crippen molar-refractivity contribution in [3.63, 3.8) is 0 Å². The molecule has 0 radical (unpaired) electrons. The molecule has 1 atom stereocenters. The van der Waals surface area contributed by atoms with Crippen molar-refractivity contribution in [3.05, 3.63) is 41.7 Å². The summed E-state index contributed by atoms with van der Waals surface area (Å²) >= 11 is 0. The summed E-state index contributed by atoms with van der Waals surface area (Å²) in [5, 5.41) is 20.4. The van der Waals surface area contributed by atoms with Gasteiger partial charge in [-0.05, 0) is 50.3 Å². The first-order valence-electron chi connectivity index (χ1n) is 10.3. The number of amides is 1. The van der Waals surface area contributed by atoms with Gasteiger partial charge in [0.05, 0.1) is 18.8 Å². The van der Waals surface area contributed by atoms with E-state index in [0.717, 1.165) is 38.8 Å². The van der Waals surface area contributed by atoms with Gasteiger partial charge in [-0.1, -0.05) is 17.3 Å². The van der Waals surface area contributed by atoms with Crippen molar-refractivity contribution in [2.24, 2.45) is 0 Å². The number of phenols is 1. The lowest BCUT2D eigenvalue weighted by molar-refractivity contribution is 0.0932. The highest BCUT2D eigenvalue weighted by molar-refractivity contribution is 5.91. The number of nitrogens with one attached hydrogen (secondary N) is 1. The second-order valence-corrected chi connectivity index (χ2v) is 7.65. The van der Waals surface area contributed by atoms with Crippen molar-refractivity contribution in [1.29, 1.82) is 0 Å². The average Bonchev–Trinajstić information content (AvgIpc) is 3.24. The van der Waals surface area contributed by atoms with E-state index in [0.29, 0.717) is 30.6 Å². The number of aromatic hydroxyl groups is 1. The maximum atomic E-state index is 12.1. The van der Waals surface area contributed by atoms with E-state index < -0.39 is 0 Å². The van der Waals surface area contributed by atoms with Gasteiger partial charge in [0.25, 0.3) is 5.91 Å². The van der Waals surface area contributed by atoms with Crippen LogP contribution in [0.5, 0.6) is 5.75 Å². The first-order chi connectivity index (χ1) is 14.1. The molecule has 1 amide bonds. The summed E-state index contributed by atoms with van der Waals surface area (Å²) in [6.45, 7) is 5.23. The summed E-state index contributed by atoms with van der Waals surface area (Å²) in [5.41, 5.74) is 1.61. The van der Waals surface area contributed by atoms with E-state index in [2.05, 4.69) is 27.5 Å². The van der Waals surface area contributed by atoms with Gasteiger partial charge in [-0.15, -0.1) is 5.10 Å². The number of likely N-dealkylation sites (tertiary alicyclic amines) is 1. The molecule has 1 fully saturated rings. The topological polar surface area (TPSA) is 92.5 Å². The third-order valence-electron chi connectivity index (χ3n) is 5.62. The minimum Gasteiger partial charge on any atom is -0.508 e. The van der Waals surface area contributed by atoms with Crippen LogP contribution in [-0.4, -0.2) is 70.3 Å². The van der Waals surface area contributed by atoms with Crippen LogP contribution >= 0.6 is 0 Å². The minimum atomic E-state index is -0.214. The van der Waals surface area contributed by atoms with Gasteiger partial charge < -0.3 is 20.1 Å². The number of piperidine rings is 1. The quantitative estimate of drug-likeness (QED) is 0.625. The molecule has 158 valence electrons. The first-order valence-corrected chi connectivity index (χ1v) is 10.3. The van der Waals surface area contributed by atoms with Crippen LogP contribution in [0.25, 0.3) is 0 Å². The second-order valence-electron chi connectivity index (χ2n) is 7.65. The van der Waals surface area contributed by atoms with Crippen LogP contribution in [0.2, 0.25) is 0 Å². The number of carbonyl (C=O) groups is 1. The number of hydrogen-bond acceptors (Lipinski definition) is 6. The minimum absolute atomic E-state index is 0.214. The van der Waals surface area contributed by atoms with E-state index in [9.17, 15) is 9.90 Å². The van der Waals surface area contributed by atoms with E-state index in [1.165, 1.54) is 5.56 Å². The molecule has 2 heterocycles. The number of aromatic nitrogens is 3. The number of methoxy groups -OCH3 is 1. The molecule has 0 spiro atoms. The fourth-order valence-electron chi connectivity index (χ4n) is 3.73. The van der Waals surface area contributed by atoms with E-state index in [-0.39, 0.29) is 11.9 Å². The molecule has 2 aromatic rings. The van der Waals surface area contributed by atoms with Crippen LogP contribution in [-0.2, 0) is 11.2 Å². The normalized spacial score (nSPS) is 16.6. The number of ether oxygens (including phenoxy) is 1. The van der Waals surface area contributed by atoms with Gasteiger partial charge in [-0.3, -0.25) is 4.79 Å².